The molecule has 0 fully saturated rings. The number of alkyl carbamates (subject to hydrolysis) is 1. The smallest absolute Gasteiger partial charge is 0.413 e. The first-order valence-electron chi connectivity index (χ1n) is 8.55. The Morgan fingerprint density at radius 1 is 1.04 bits per heavy atom. The number of amides is 2. The van der Waals surface area contributed by atoms with E-state index in [4.69, 9.17) is 9.47 Å². The second-order valence-electron chi connectivity index (χ2n) is 7.98. The van der Waals surface area contributed by atoms with Crippen LogP contribution in [-0.2, 0) is 14.3 Å². The summed E-state index contributed by atoms with van der Waals surface area (Å²) in [4.78, 5) is 39.4. The van der Waals surface area contributed by atoms with Gasteiger partial charge in [-0.3, -0.25) is 5.32 Å². The zero-order chi connectivity index (χ0) is 21.7. The topological polar surface area (TPSA) is 147 Å². The molecule has 28 heavy (non-hydrogen) atoms. The lowest BCUT2D eigenvalue weighted by molar-refractivity contribution is -0.142. The number of carbonyl (C=O) groups excluding carboxylic acids is 2. The first-order valence-corrected chi connectivity index (χ1v) is 8.55. The molecule has 0 aromatic carbocycles. The van der Waals surface area contributed by atoms with Crippen molar-refractivity contribution in [2.24, 2.45) is 0 Å². The standard InChI is InChI=1S/C18H27N3O7/c1-17(2,3)27-15(25)20-11(14(23)24)12(22)10-8-7-9-19-13(10)21-16(26)28-18(4,5)6/h7-9,11-12,22H,1-6H3,(H,20,25)(H,23,24)(H,19,21,26)/t11-,12-/m0/s1. The fourth-order valence-corrected chi connectivity index (χ4v) is 2.05. The van der Waals surface area contributed by atoms with Gasteiger partial charge in [-0.25, -0.2) is 19.4 Å². The predicted octanol–water partition coefficient (Wildman–Crippen LogP) is 2.44. The third-order valence-corrected chi connectivity index (χ3v) is 3.03. The molecule has 0 saturated heterocycles. The molecule has 0 radical (unpaired) electrons. The van der Waals surface area contributed by atoms with E-state index in [1.807, 2.05) is 0 Å². The first-order chi connectivity index (χ1) is 12.7. The van der Waals surface area contributed by atoms with Gasteiger partial charge in [-0.2, -0.15) is 0 Å². The predicted molar refractivity (Wildman–Crippen MR) is 99.8 cm³/mol. The summed E-state index contributed by atoms with van der Waals surface area (Å²) in [6.07, 6.45) is -2.21. The van der Waals surface area contributed by atoms with E-state index in [0.29, 0.717) is 0 Å². The molecule has 156 valence electrons. The summed E-state index contributed by atoms with van der Waals surface area (Å²) in [5.74, 6) is -1.59. The SMILES string of the molecule is CC(C)(C)OC(=O)Nc1ncccc1[C@H](O)[C@H](NC(=O)OC(C)(C)C)C(=O)O. The number of carboxylic acids is 1. The molecular weight excluding hydrogens is 370 g/mol. The highest BCUT2D eigenvalue weighted by molar-refractivity contribution is 5.85. The van der Waals surface area contributed by atoms with Crippen LogP contribution >= 0.6 is 0 Å². The van der Waals surface area contributed by atoms with Crippen LogP contribution in [0.3, 0.4) is 0 Å². The van der Waals surface area contributed by atoms with Gasteiger partial charge in [0.2, 0.25) is 0 Å². The van der Waals surface area contributed by atoms with Gasteiger partial charge in [0, 0.05) is 11.8 Å². The van der Waals surface area contributed by atoms with E-state index in [1.54, 1.807) is 41.5 Å². The molecule has 0 aliphatic rings. The zero-order valence-electron chi connectivity index (χ0n) is 16.8. The Kier molecular flexibility index (Phi) is 7.34. The number of carboxylic acid groups (broad SMARTS) is 1. The molecule has 10 nitrogen and oxygen atoms in total. The maximum absolute atomic E-state index is 12.0. The van der Waals surface area contributed by atoms with Crippen LogP contribution in [0.4, 0.5) is 15.4 Å². The highest BCUT2D eigenvalue weighted by Crippen LogP contribution is 2.24. The molecule has 4 N–H and O–H groups in total. The third-order valence-electron chi connectivity index (χ3n) is 3.03. The molecule has 10 heteroatoms. The molecular formula is C18H27N3O7. The number of nitrogens with zero attached hydrogens (tertiary/aromatic N) is 1. The Hall–Kier alpha value is -2.88. The summed E-state index contributed by atoms with van der Waals surface area (Å²) in [5.41, 5.74) is -1.63. The summed E-state index contributed by atoms with van der Waals surface area (Å²) < 4.78 is 10.2. The van der Waals surface area contributed by atoms with E-state index in [2.05, 4.69) is 15.6 Å². The van der Waals surface area contributed by atoms with E-state index in [1.165, 1.54) is 18.3 Å². The molecule has 0 aliphatic carbocycles. The van der Waals surface area contributed by atoms with Crippen LogP contribution in [0.15, 0.2) is 18.3 Å². The lowest BCUT2D eigenvalue weighted by Crippen LogP contribution is -2.47. The molecule has 0 saturated carbocycles. The molecule has 0 bridgehead atoms. The minimum Gasteiger partial charge on any atom is -0.480 e. The van der Waals surface area contributed by atoms with E-state index < -0.39 is 41.5 Å². The van der Waals surface area contributed by atoms with Gasteiger partial charge in [-0.1, -0.05) is 6.07 Å². The van der Waals surface area contributed by atoms with Crippen LogP contribution in [0.5, 0.6) is 0 Å². The number of aromatic nitrogens is 1. The number of rotatable bonds is 5. The van der Waals surface area contributed by atoms with Crippen molar-refractivity contribution < 1.29 is 34.1 Å². The van der Waals surface area contributed by atoms with Gasteiger partial charge in [0.25, 0.3) is 0 Å². The van der Waals surface area contributed by atoms with Crippen molar-refractivity contribution in [3.8, 4) is 0 Å². The summed E-state index contributed by atoms with van der Waals surface area (Å²) in [7, 11) is 0. The number of carbonyl (C=O) groups is 3. The monoisotopic (exact) mass is 397 g/mol. The molecule has 2 atom stereocenters. The lowest BCUT2D eigenvalue weighted by atomic mass is 10.0. The number of hydrogen-bond acceptors (Lipinski definition) is 7. The Morgan fingerprint density at radius 2 is 1.57 bits per heavy atom. The minimum absolute atomic E-state index is 0.0168. The van der Waals surface area contributed by atoms with Crippen LogP contribution in [0.1, 0.15) is 53.2 Å². The van der Waals surface area contributed by atoms with Gasteiger partial charge in [0.15, 0.2) is 6.04 Å². The highest BCUT2D eigenvalue weighted by Gasteiger charge is 2.33. The van der Waals surface area contributed by atoms with Crippen LogP contribution < -0.4 is 10.6 Å². The largest absolute Gasteiger partial charge is 0.480 e. The summed E-state index contributed by atoms with van der Waals surface area (Å²) >= 11 is 0. The summed E-state index contributed by atoms with van der Waals surface area (Å²) in [5, 5.41) is 24.4. The highest BCUT2D eigenvalue weighted by atomic mass is 16.6. The summed E-state index contributed by atoms with van der Waals surface area (Å²) in [6, 6.07) is 1.08. The quantitative estimate of drug-likeness (QED) is 0.592. The van der Waals surface area contributed by atoms with E-state index in [-0.39, 0.29) is 11.4 Å². The number of pyridine rings is 1. The molecule has 1 heterocycles. The van der Waals surface area contributed by atoms with Crippen LogP contribution in [0, 0.1) is 0 Å². The molecule has 2 amide bonds. The number of nitrogens with one attached hydrogen (secondary N) is 2. The Balaban J connectivity index is 3.04. The molecule has 0 aliphatic heterocycles. The number of aliphatic hydroxyl groups excluding tert-OH is 1. The fraction of sp³-hybridized carbons (Fsp3) is 0.556. The second kappa shape index (κ2) is 8.87. The Labute approximate surface area is 163 Å². The molecule has 1 aromatic rings. The average Bonchev–Trinajstić information content (AvgIpc) is 2.48. The Bertz CT molecular complexity index is 723. The zero-order valence-corrected chi connectivity index (χ0v) is 16.8. The maximum Gasteiger partial charge on any atom is 0.413 e. The van der Waals surface area contributed by atoms with E-state index in [0.717, 1.165) is 0 Å². The van der Waals surface area contributed by atoms with Crippen LogP contribution in [-0.4, -0.2) is 50.6 Å². The molecule has 1 aromatic heterocycles. The van der Waals surface area contributed by atoms with E-state index >= 15 is 0 Å². The fourth-order valence-electron chi connectivity index (χ4n) is 2.05. The van der Waals surface area contributed by atoms with Gasteiger partial charge in [-0.05, 0) is 47.6 Å². The molecule has 0 unspecified atom stereocenters. The number of anilines is 1. The van der Waals surface area contributed by atoms with E-state index in [9.17, 15) is 24.6 Å². The van der Waals surface area contributed by atoms with Crippen molar-refractivity contribution in [2.75, 3.05) is 5.32 Å². The van der Waals surface area contributed by atoms with Gasteiger partial charge >= 0.3 is 18.2 Å². The van der Waals surface area contributed by atoms with Crippen LogP contribution in [0.25, 0.3) is 0 Å². The number of aliphatic hydroxyl groups is 1. The second-order valence-corrected chi connectivity index (χ2v) is 7.98. The normalized spacial score (nSPS) is 13.8. The molecule has 1 rings (SSSR count). The van der Waals surface area contributed by atoms with Gasteiger partial charge in [0.05, 0.1) is 0 Å². The van der Waals surface area contributed by atoms with Gasteiger partial charge in [0.1, 0.15) is 23.1 Å². The average molecular weight is 397 g/mol. The van der Waals surface area contributed by atoms with Crippen molar-refractivity contribution in [2.45, 2.75) is 64.9 Å². The van der Waals surface area contributed by atoms with Crippen LogP contribution in [0.2, 0.25) is 0 Å². The lowest BCUT2D eigenvalue weighted by Gasteiger charge is -2.25. The number of aliphatic carboxylic acids is 1. The van der Waals surface area contributed by atoms with Crippen molar-refractivity contribution >= 4 is 24.0 Å². The first kappa shape index (κ1) is 23.2. The van der Waals surface area contributed by atoms with Crippen molar-refractivity contribution in [3.05, 3.63) is 23.9 Å². The van der Waals surface area contributed by atoms with Crippen molar-refractivity contribution in [3.63, 3.8) is 0 Å². The number of ether oxygens (including phenoxy) is 2. The summed E-state index contributed by atoms with van der Waals surface area (Å²) in [6.45, 7) is 9.86. The number of hydrogen-bond donors (Lipinski definition) is 4. The minimum atomic E-state index is -1.74. The third kappa shape index (κ3) is 7.78. The Morgan fingerprint density at radius 3 is 2.07 bits per heavy atom. The van der Waals surface area contributed by atoms with Crippen molar-refractivity contribution in [1.82, 2.24) is 10.3 Å². The van der Waals surface area contributed by atoms with Gasteiger partial charge in [-0.15, -0.1) is 0 Å². The van der Waals surface area contributed by atoms with Crippen molar-refractivity contribution in [1.29, 1.82) is 0 Å². The molecule has 0 spiro atoms. The van der Waals surface area contributed by atoms with Gasteiger partial charge < -0.3 is 25.0 Å². The maximum atomic E-state index is 12.0.